The second-order valence-corrected chi connectivity index (χ2v) is 6.17. The molecule has 0 aromatic carbocycles. The van der Waals surface area contributed by atoms with Crippen LogP contribution in [0.3, 0.4) is 0 Å². The molecule has 5 nitrogen and oxygen atoms in total. The van der Waals surface area contributed by atoms with Crippen LogP contribution in [0, 0.1) is 0 Å². The summed E-state index contributed by atoms with van der Waals surface area (Å²) in [5.74, 6) is -1.51. The van der Waals surface area contributed by atoms with E-state index in [0.29, 0.717) is 0 Å². The molecule has 1 unspecified atom stereocenters. The van der Waals surface area contributed by atoms with Gasteiger partial charge in [0, 0.05) is 4.88 Å². The Morgan fingerprint density at radius 3 is 2.81 bits per heavy atom. The van der Waals surface area contributed by atoms with Gasteiger partial charge in [-0.05, 0) is 18.4 Å². The van der Waals surface area contributed by atoms with Crippen molar-refractivity contribution in [2.24, 2.45) is 0 Å². The number of sulfonamides is 1. The molecule has 0 spiro atoms. The highest BCUT2D eigenvalue weighted by atomic mass is 32.2. The van der Waals surface area contributed by atoms with E-state index in [1.807, 2.05) is 17.5 Å². The van der Waals surface area contributed by atoms with E-state index in [9.17, 15) is 13.2 Å². The van der Waals surface area contributed by atoms with Gasteiger partial charge < -0.3 is 5.11 Å². The van der Waals surface area contributed by atoms with E-state index >= 15 is 0 Å². The molecule has 1 atom stereocenters. The third kappa shape index (κ3) is 4.30. The highest BCUT2D eigenvalue weighted by Gasteiger charge is 2.17. The lowest BCUT2D eigenvalue weighted by molar-refractivity contribution is -0.136. The van der Waals surface area contributed by atoms with Crippen LogP contribution in [0.4, 0.5) is 0 Å². The van der Waals surface area contributed by atoms with E-state index in [0.717, 1.165) is 4.88 Å². The third-order valence-corrected chi connectivity index (χ3v) is 4.42. The van der Waals surface area contributed by atoms with Gasteiger partial charge in [0.05, 0.1) is 18.2 Å². The molecule has 0 aliphatic rings. The summed E-state index contributed by atoms with van der Waals surface area (Å²) >= 11 is 1.45. The van der Waals surface area contributed by atoms with Crippen molar-refractivity contribution in [2.75, 3.05) is 5.75 Å². The van der Waals surface area contributed by atoms with Crippen molar-refractivity contribution < 1.29 is 18.3 Å². The Bertz CT molecular complexity index is 438. The van der Waals surface area contributed by atoms with Crippen LogP contribution >= 0.6 is 11.3 Å². The fourth-order valence-electron chi connectivity index (χ4n) is 1.15. The second kappa shape index (κ2) is 5.42. The average molecular weight is 263 g/mol. The minimum Gasteiger partial charge on any atom is -0.481 e. The Labute approximate surface area is 98.2 Å². The van der Waals surface area contributed by atoms with Crippen molar-refractivity contribution in [3.63, 3.8) is 0 Å². The van der Waals surface area contributed by atoms with Gasteiger partial charge in [-0.2, -0.15) is 0 Å². The molecule has 16 heavy (non-hydrogen) atoms. The Hall–Kier alpha value is -0.920. The van der Waals surface area contributed by atoms with Crippen LogP contribution in [0.1, 0.15) is 24.3 Å². The fourth-order valence-corrected chi connectivity index (χ4v) is 3.18. The number of hydrogen-bond donors (Lipinski definition) is 2. The minimum absolute atomic E-state index is 0.321. The lowest BCUT2D eigenvalue weighted by Crippen LogP contribution is -2.29. The number of thiophene rings is 1. The molecule has 0 amide bonds. The number of carboxylic acid groups (broad SMARTS) is 1. The van der Waals surface area contributed by atoms with Crippen molar-refractivity contribution in [1.29, 1.82) is 0 Å². The molecule has 0 fully saturated rings. The number of carboxylic acids is 1. The Kier molecular flexibility index (Phi) is 4.45. The van der Waals surface area contributed by atoms with Crippen molar-refractivity contribution in [1.82, 2.24) is 4.72 Å². The molecule has 0 saturated carbocycles. The molecular weight excluding hydrogens is 250 g/mol. The molecular formula is C9H13NO4S2. The summed E-state index contributed by atoms with van der Waals surface area (Å²) in [5.41, 5.74) is 0. The second-order valence-electron chi connectivity index (χ2n) is 3.32. The van der Waals surface area contributed by atoms with E-state index in [1.54, 1.807) is 6.92 Å². The topological polar surface area (TPSA) is 83.5 Å². The maximum atomic E-state index is 11.5. The molecule has 0 aliphatic carbocycles. The maximum absolute atomic E-state index is 11.5. The first-order chi connectivity index (χ1) is 7.41. The minimum atomic E-state index is -3.53. The Morgan fingerprint density at radius 1 is 1.62 bits per heavy atom. The van der Waals surface area contributed by atoms with Gasteiger partial charge in [-0.15, -0.1) is 11.3 Å². The molecule has 1 rings (SSSR count). The lowest BCUT2D eigenvalue weighted by Gasteiger charge is -2.11. The molecule has 0 bridgehead atoms. The predicted octanol–water partition coefficient (Wildman–Crippen LogP) is 1.20. The molecule has 0 radical (unpaired) electrons. The number of carbonyl (C=O) groups is 1. The van der Waals surface area contributed by atoms with Gasteiger partial charge in [-0.1, -0.05) is 6.07 Å². The average Bonchev–Trinajstić information content (AvgIpc) is 2.67. The summed E-state index contributed by atoms with van der Waals surface area (Å²) in [6.07, 6.45) is -0.382. The number of nitrogens with one attached hydrogen (secondary N) is 1. The quantitative estimate of drug-likeness (QED) is 0.808. The van der Waals surface area contributed by atoms with Gasteiger partial charge in [0.1, 0.15) is 0 Å². The van der Waals surface area contributed by atoms with Gasteiger partial charge in [0.2, 0.25) is 10.0 Å². The van der Waals surface area contributed by atoms with Gasteiger partial charge in [-0.25, -0.2) is 13.1 Å². The van der Waals surface area contributed by atoms with Crippen LogP contribution < -0.4 is 4.72 Å². The molecule has 7 heteroatoms. The SMILES string of the molecule is CC(NS(=O)(=O)CCC(=O)O)c1cccs1. The standard InChI is InChI=1S/C9H13NO4S2/c1-7(8-3-2-5-15-8)10-16(13,14)6-4-9(11)12/h2-3,5,7,10H,4,6H2,1H3,(H,11,12). The molecule has 1 heterocycles. The summed E-state index contributed by atoms with van der Waals surface area (Å²) in [5, 5.41) is 10.3. The van der Waals surface area contributed by atoms with Crippen LogP contribution in [-0.2, 0) is 14.8 Å². The van der Waals surface area contributed by atoms with E-state index in [4.69, 9.17) is 5.11 Å². The maximum Gasteiger partial charge on any atom is 0.304 e. The van der Waals surface area contributed by atoms with Crippen LogP contribution in [0.2, 0.25) is 0 Å². The predicted molar refractivity (Wildman–Crippen MR) is 61.9 cm³/mol. The van der Waals surface area contributed by atoms with E-state index in [-0.39, 0.29) is 12.5 Å². The van der Waals surface area contributed by atoms with Gasteiger partial charge >= 0.3 is 5.97 Å². The third-order valence-electron chi connectivity index (χ3n) is 1.91. The van der Waals surface area contributed by atoms with Crippen molar-refractivity contribution >= 4 is 27.3 Å². The summed E-state index contributed by atoms with van der Waals surface area (Å²) in [4.78, 5) is 11.2. The molecule has 90 valence electrons. The monoisotopic (exact) mass is 263 g/mol. The van der Waals surface area contributed by atoms with Gasteiger partial charge in [-0.3, -0.25) is 4.79 Å². The van der Waals surface area contributed by atoms with Crippen LogP contribution in [0.25, 0.3) is 0 Å². The van der Waals surface area contributed by atoms with Crippen LogP contribution in [-0.4, -0.2) is 25.2 Å². The zero-order valence-electron chi connectivity index (χ0n) is 8.71. The molecule has 2 N–H and O–H groups in total. The smallest absolute Gasteiger partial charge is 0.304 e. The summed E-state index contributed by atoms with van der Waals surface area (Å²) in [7, 11) is -3.53. The largest absolute Gasteiger partial charge is 0.481 e. The first kappa shape index (κ1) is 13.1. The zero-order chi connectivity index (χ0) is 12.2. The fraction of sp³-hybridized carbons (Fsp3) is 0.444. The lowest BCUT2D eigenvalue weighted by atomic mass is 10.3. The van der Waals surface area contributed by atoms with E-state index in [1.165, 1.54) is 11.3 Å². The summed E-state index contributed by atoms with van der Waals surface area (Å²) in [6, 6.07) is 3.34. The first-order valence-corrected chi connectivity index (χ1v) is 7.19. The molecule has 1 aromatic rings. The highest BCUT2D eigenvalue weighted by molar-refractivity contribution is 7.89. The summed E-state index contributed by atoms with van der Waals surface area (Å²) < 4.78 is 25.4. The number of hydrogen-bond acceptors (Lipinski definition) is 4. The zero-order valence-corrected chi connectivity index (χ0v) is 10.3. The number of aliphatic carboxylic acids is 1. The first-order valence-electron chi connectivity index (χ1n) is 4.66. The molecule has 1 aromatic heterocycles. The Morgan fingerprint density at radius 2 is 2.31 bits per heavy atom. The molecule has 0 aliphatic heterocycles. The number of rotatable bonds is 6. The van der Waals surface area contributed by atoms with Crippen molar-refractivity contribution in [2.45, 2.75) is 19.4 Å². The molecule has 0 saturated heterocycles. The van der Waals surface area contributed by atoms with Gasteiger partial charge in [0.25, 0.3) is 0 Å². The van der Waals surface area contributed by atoms with E-state index < -0.39 is 21.7 Å². The van der Waals surface area contributed by atoms with E-state index in [2.05, 4.69) is 4.72 Å². The highest BCUT2D eigenvalue weighted by Crippen LogP contribution is 2.18. The van der Waals surface area contributed by atoms with Crippen LogP contribution in [0.5, 0.6) is 0 Å². The van der Waals surface area contributed by atoms with Crippen LogP contribution in [0.15, 0.2) is 17.5 Å². The van der Waals surface area contributed by atoms with Gasteiger partial charge in [0.15, 0.2) is 0 Å². The van der Waals surface area contributed by atoms with Crippen molar-refractivity contribution in [3.05, 3.63) is 22.4 Å². The Balaban J connectivity index is 2.56. The normalized spacial score (nSPS) is 13.6. The summed E-state index contributed by atoms with van der Waals surface area (Å²) in [6.45, 7) is 1.73. The van der Waals surface area contributed by atoms with Crippen molar-refractivity contribution in [3.8, 4) is 0 Å².